The van der Waals surface area contributed by atoms with Crippen molar-refractivity contribution in [3.63, 3.8) is 0 Å². The Labute approximate surface area is 189 Å². The largest absolute Gasteiger partial charge is 0.423 e. The first-order valence-corrected chi connectivity index (χ1v) is 11.8. The molecule has 6 nitrogen and oxygen atoms in total. The number of carbonyl (C=O) groups excluding carboxylic acids is 1. The molecule has 0 aliphatic carbocycles. The molecule has 0 heterocycles. The highest BCUT2D eigenvalue weighted by Crippen LogP contribution is 2.28. The van der Waals surface area contributed by atoms with Gasteiger partial charge >= 0.3 is 5.97 Å². The van der Waals surface area contributed by atoms with Crippen LogP contribution in [0.1, 0.15) is 29.8 Å². The molecular formula is C25H28N2O4S. The molecule has 0 spiro atoms. The number of hydrogen-bond donors (Lipinski definition) is 1. The standard InChI is InChI=1S/C25H28N2O4S/c1-18(2)16-20-17-23(14-15-24(20)31-25(28)19-8-6-5-7-9-19)32(29,30)26-21-10-12-22(13-11-21)27(3)4/h5-15,17-18,26H,16H2,1-4H3. The Morgan fingerprint density at radius 2 is 1.62 bits per heavy atom. The van der Waals surface area contributed by atoms with Crippen LogP contribution in [-0.4, -0.2) is 28.5 Å². The Bertz CT molecular complexity index is 1170. The van der Waals surface area contributed by atoms with Crippen LogP contribution in [0, 0.1) is 5.92 Å². The molecule has 0 unspecified atom stereocenters. The van der Waals surface area contributed by atoms with E-state index in [9.17, 15) is 13.2 Å². The summed E-state index contributed by atoms with van der Waals surface area (Å²) in [6.45, 7) is 4.04. The maximum Gasteiger partial charge on any atom is 0.343 e. The number of hydrogen-bond acceptors (Lipinski definition) is 5. The number of ether oxygens (including phenoxy) is 1. The minimum absolute atomic E-state index is 0.115. The summed E-state index contributed by atoms with van der Waals surface area (Å²) in [5.74, 6) is 0.126. The van der Waals surface area contributed by atoms with E-state index in [2.05, 4.69) is 4.72 Å². The highest BCUT2D eigenvalue weighted by Gasteiger charge is 2.19. The molecule has 0 saturated heterocycles. The van der Waals surface area contributed by atoms with Gasteiger partial charge in [-0.2, -0.15) is 0 Å². The van der Waals surface area contributed by atoms with Gasteiger partial charge < -0.3 is 9.64 Å². The van der Waals surface area contributed by atoms with Crippen molar-refractivity contribution in [2.75, 3.05) is 23.7 Å². The first kappa shape index (κ1) is 23.3. The highest BCUT2D eigenvalue weighted by atomic mass is 32.2. The van der Waals surface area contributed by atoms with Crippen molar-refractivity contribution in [2.45, 2.75) is 25.2 Å². The lowest BCUT2D eigenvalue weighted by molar-refractivity contribution is 0.0732. The summed E-state index contributed by atoms with van der Waals surface area (Å²) in [5.41, 5.74) is 2.54. The Morgan fingerprint density at radius 3 is 2.22 bits per heavy atom. The number of rotatable bonds is 8. The number of sulfonamides is 1. The van der Waals surface area contributed by atoms with E-state index in [-0.39, 0.29) is 10.8 Å². The van der Waals surface area contributed by atoms with Crippen LogP contribution in [0.15, 0.2) is 77.7 Å². The van der Waals surface area contributed by atoms with Gasteiger partial charge in [0.1, 0.15) is 5.75 Å². The van der Waals surface area contributed by atoms with Crippen LogP contribution in [-0.2, 0) is 16.4 Å². The number of esters is 1. The molecule has 0 saturated carbocycles. The van der Waals surface area contributed by atoms with Crippen LogP contribution in [0.4, 0.5) is 11.4 Å². The van der Waals surface area contributed by atoms with Crippen molar-refractivity contribution < 1.29 is 17.9 Å². The summed E-state index contributed by atoms with van der Waals surface area (Å²) in [7, 11) is 0.0303. The molecule has 0 aromatic heterocycles. The van der Waals surface area contributed by atoms with Gasteiger partial charge in [-0.3, -0.25) is 4.72 Å². The topological polar surface area (TPSA) is 75.7 Å². The molecular weight excluding hydrogens is 424 g/mol. The minimum Gasteiger partial charge on any atom is -0.423 e. The molecule has 0 atom stereocenters. The van der Waals surface area contributed by atoms with Gasteiger partial charge in [-0.25, -0.2) is 13.2 Å². The quantitative estimate of drug-likeness (QED) is 0.386. The van der Waals surface area contributed by atoms with E-state index in [4.69, 9.17) is 4.74 Å². The zero-order chi connectivity index (χ0) is 23.3. The molecule has 3 aromatic rings. The molecule has 7 heteroatoms. The zero-order valence-corrected chi connectivity index (χ0v) is 19.5. The molecule has 0 amide bonds. The summed E-state index contributed by atoms with van der Waals surface area (Å²) < 4.78 is 34.2. The molecule has 0 aliphatic rings. The van der Waals surface area contributed by atoms with Gasteiger partial charge in [0.2, 0.25) is 0 Å². The molecule has 0 aliphatic heterocycles. The van der Waals surface area contributed by atoms with Crippen molar-refractivity contribution in [1.82, 2.24) is 0 Å². The van der Waals surface area contributed by atoms with Gasteiger partial charge in [0.05, 0.1) is 10.5 Å². The van der Waals surface area contributed by atoms with Crippen molar-refractivity contribution in [3.8, 4) is 5.75 Å². The van der Waals surface area contributed by atoms with Gasteiger partial charge in [0, 0.05) is 25.5 Å². The van der Waals surface area contributed by atoms with Crippen LogP contribution >= 0.6 is 0 Å². The van der Waals surface area contributed by atoms with Crippen molar-refractivity contribution in [1.29, 1.82) is 0 Å². The summed E-state index contributed by atoms with van der Waals surface area (Å²) in [6, 6.07) is 20.4. The molecule has 168 valence electrons. The Hall–Kier alpha value is -3.32. The average Bonchev–Trinajstić information content (AvgIpc) is 2.75. The lowest BCUT2D eigenvalue weighted by Gasteiger charge is -2.16. The smallest absolute Gasteiger partial charge is 0.343 e. The molecule has 32 heavy (non-hydrogen) atoms. The first-order chi connectivity index (χ1) is 15.2. The number of benzene rings is 3. The maximum atomic E-state index is 13.0. The monoisotopic (exact) mass is 452 g/mol. The first-order valence-electron chi connectivity index (χ1n) is 10.4. The Kier molecular flexibility index (Phi) is 7.20. The summed E-state index contributed by atoms with van der Waals surface area (Å²) >= 11 is 0. The van der Waals surface area contributed by atoms with Crippen molar-refractivity contribution in [2.24, 2.45) is 5.92 Å². The summed E-state index contributed by atoms with van der Waals surface area (Å²) in [5, 5.41) is 0. The van der Waals surface area contributed by atoms with Crippen molar-refractivity contribution in [3.05, 3.63) is 83.9 Å². The Balaban J connectivity index is 1.87. The summed E-state index contributed by atoms with van der Waals surface area (Å²) in [4.78, 5) is 14.5. The lowest BCUT2D eigenvalue weighted by atomic mass is 10.0. The van der Waals surface area contributed by atoms with E-state index < -0.39 is 16.0 Å². The van der Waals surface area contributed by atoms with E-state index in [1.165, 1.54) is 6.07 Å². The van der Waals surface area contributed by atoms with Gasteiger partial charge in [0.15, 0.2) is 0 Å². The maximum absolute atomic E-state index is 13.0. The fraction of sp³-hybridized carbons (Fsp3) is 0.240. The fourth-order valence-corrected chi connectivity index (χ4v) is 4.31. The van der Waals surface area contributed by atoms with E-state index in [0.717, 1.165) is 5.69 Å². The van der Waals surface area contributed by atoms with Crippen LogP contribution in [0.25, 0.3) is 0 Å². The third kappa shape index (κ3) is 5.88. The van der Waals surface area contributed by atoms with Crippen LogP contribution in [0.3, 0.4) is 0 Å². The van der Waals surface area contributed by atoms with Gasteiger partial charge in [0.25, 0.3) is 10.0 Å². The molecule has 1 N–H and O–H groups in total. The zero-order valence-electron chi connectivity index (χ0n) is 18.7. The van der Waals surface area contributed by atoms with E-state index in [0.29, 0.717) is 29.0 Å². The summed E-state index contributed by atoms with van der Waals surface area (Å²) in [6.07, 6.45) is 0.568. The van der Waals surface area contributed by atoms with Gasteiger partial charge in [-0.05, 0) is 72.5 Å². The van der Waals surface area contributed by atoms with Crippen LogP contribution in [0.5, 0.6) is 5.75 Å². The second kappa shape index (κ2) is 9.87. The fourth-order valence-electron chi connectivity index (χ4n) is 3.20. The second-order valence-electron chi connectivity index (χ2n) is 8.17. The molecule has 3 aromatic carbocycles. The lowest BCUT2D eigenvalue weighted by Crippen LogP contribution is -2.15. The normalized spacial score (nSPS) is 11.3. The number of carbonyl (C=O) groups is 1. The number of anilines is 2. The number of nitrogens with zero attached hydrogens (tertiary/aromatic N) is 1. The highest BCUT2D eigenvalue weighted by molar-refractivity contribution is 7.92. The van der Waals surface area contributed by atoms with Gasteiger partial charge in [-0.1, -0.05) is 32.0 Å². The SMILES string of the molecule is CC(C)Cc1cc(S(=O)(=O)Nc2ccc(N(C)C)cc2)ccc1OC(=O)c1ccccc1. The molecule has 3 rings (SSSR count). The predicted molar refractivity (Wildman–Crippen MR) is 128 cm³/mol. The third-order valence-corrected chi connectivity index (χ3v) is 6.20. The molecule has 0 radical (unpaired) electrons. The average molecular weight is 453 g/mol. The van der Waals surface area contributed by atoms with E-state index in [1.54, 1.807) is 48.5 Å². The second-order valence-corrected chi connectivity index (χ2v) is 9.85. The minimum atomic E-state index is -3.81. The van der Waals surface area contributed by atoms with Crippen molar-refractivity contribution >= 4 is 27.4 Å². The Morgan fingerprint density at radius 1 is 0.969 bits per heavy atom. The van der Waals surface area contributed by atoms with Crippen LogP contribution in [0.2, 0.25) is 0 Å². The van der Waals surface area contributed by atoms with Gasteiger partial charge in [-0.15, -0.1) is 0 Å². The van der Waals surface area contributed by atoms with E-state index >= 15 is 0 Å². The number of nitrogens with one attached hydrogen (secondary N) is 1. The van der Waals surface area contributed by atoms with E-state index in [1.807, 2.05) is 51.0 Å². The third-order valence-electron chi connectivity index (χ3n) is 4.82. The molecule has 0 fully saturated rings. The molecule has 0 bridgehead atoms. The predicted octanol–water partition coefficient (Wildman–Crippen LogP) is 4.97. The van der Waals surface area contributed by atoms with Crippen LogP contribution < -0.4 is 14.4 Å².